The van der Waals surface area contributed by atoms with Gasteiger partial charge in [-0.05, 0) is 6.07 Å². The van der Waals surface area contributed by atoms with Crippen molar-refractivity contribution >= 4 is 5.91 Å². The van der Waals surface area contributed by atoms with Gasteiger partial charge < -0.3 is 19.5 Å². The van der Waals surface area contributed by atoms with Crippen molar-refractivity contribution in [1.29, 1.82) is 0 Å². The van der Waals surface area contributed by atoms with Crippen LogP contribution < -0.4 is 19.5 Å². The Bertz CT molecular complexity index is 404. The molecule has 0 spiro atoms. The molecule has 1 aromatic carbocycles. The highest BCUT2D eigenvalue weighted by Crippen LogP contribution is 2.34. The third kappa shape index (κ3) is 3.27. The van der Waals surface area contributed by atoms with Crippen molar-refractivity contribution in [1.82, 2.24) is 5.32 Å². The van der Waals surface area contributed by atoms with Crippen molar-refractivity contribution in [3.63, 3.8) is 0 Å². The van der Waals surface area contributed by atoms with E-state index in [2.05, 4.69) is 5.32 Å². The van der Waals surface area contributed by atoms with Crippen LogP contribution in [0.3, 0.4) is 0 Å². The molecule has 1 N–H and O–H groups in total. The van der Waals surface area contributed by atoms with Gasteiger partial charge in [-0.3, -0.25) is 4.79 Å². The SMILES string of the molecule is COc1cc(OC)c(OC)cc1CNC(C)=O. The summed E-state index contributed by atoms with van der Waals surface area (Å²) in [5.74, 6) is 1.75. The number of hydrogen-bond acceptors (Lipinski definition) is 4. The molecule has 1 rings (SSSR count). The molecule has 5 nitrogen and oxygen atoms in total. The fraction of sp³-hybridized carbons (Fsp3) is 0.417. The molecule has 94 valence electrons. The first kappa shape index (κ1) is 13.2. The number of carbonyl (C=O) groups excluding carboxylic acids is 1. The topological polar surface area (TPSA) is 56.8 Å². The van der Waals surface area contributed by atoms with Crippen LogP contribution in [0.4, 0.5) is 0 Å². The van der Waals surface area contributed by atoms with Crippen LogP contribution in [0.2, 0.25) is 0 Å². The van der Waals surface area contributed by atoms with Gasteiger partial charge in [0.05, 0.1) is 21.3 Å². The fourth-order valence-electron chi connectivity index (χ4n) is 1.45. The summed E-state index contributed by atoms with van der Waals surface area (Å²) < 4.78 is 15.6. The number of amides is 1. The first-order valence-electron chi connectivity index (χ1n) is 5.15. The lowest BCUT2D eigenvalue weighted by atomic mass is 10.1. The van der Waals surface area contributed by atoms with Crippen molar-refractivity contribution in [2.24, 2.45) is 0 Å². The molecule has 0 heterocycles. The minimum Gasteiger partial charge on any atom is -0.496 e. The smallest absolute Gasteiger partial charge is 0.217 e. The lowest BCUT2D eigenvalue weighted by Crippen LogP contribution is -2.19. The van der Waals surface area contributed by atoms with Gasteiger partial charge in [0.2, 0.25) is 5.91 Å². The van der Waals surface area contributed by atoms with E-state index in [1.54, 1.807) is 33.5 Å². The summed E-state index contributed by atoms with van der Waals surface area (Å²) in [5, 5.41) is 2.71. The number of methoxy groups -OCH3 is 3. The Kier molecular flexibility index (Phi) is 4.63. The largest absolute Gasteiger partial charge is 0.496 e. The predicted molar refractivity (Wildman–Crippen MR) is 63.6 cm³/mol. The van der Waals surface area contributed by atoms with E-state index in [9.17, 15) is 4.79 Å². The molecular formula is C12H17NO4. The number of benzene rings is 1. The molecule has 0 aliphatic carbocycles. The van der Waals surface area contributed by atoms with Crippen molar-refractivity contribution in [2.45, 2.75) is 13.5 Å². The van der Waals surface area contributed by atoms with E-state index in [0.717, 1.165) is 5.56 Å². The monoisotopic (exact) mass is 239 g/mol. The van der Waals surface area contributed by atoms with Crippen LogP contribution in [0.15, 0.2) is 12.1 Å². The predicted octanol–water partition coefficient (Wildman–Crippen LogP) is 1.35. The molecule has 0 radical (unpaired) electrons. The maximum Gasteiger partial charge on any atom is 0.217 e. The van der Waals surface area contributed by atoms with Gasteiger partial charge in [0, 0.05) is 25.1 Å². The zero-order valence-electron chi connectivity index (χ0n) is 10.5. The summed E-state index contributed by atoms with van der Waals surface area (Å²) >= 11 is 0. The second-order valence-electron chi connectivity index (χ2n) is 3.43. The van der Waals surface area contributed by atoms with Crippen LogP contribution in [0.5, 0.6) is 17.2 Å². The highest BCUT2D eigenvalue weighted by Gasteiger charge is 2.11. The normalized spacial score (nSPS) is 9.65. The Labute approximate surface area is 101 Å². The highest BCUT2D eigenvalue weighted by molar-refractivity contribution is 5.73. The summed E-state index contributed by atoms with van der Waals surface area (Å²) in [4.78, 5) is 10.9. The fourth-order valence-corrected chi connectivity index (χ4v) is 1.45. The molecule has 0 aromatic heterocycles. The van der Waals surface area contributed by atoms with E-state index in [1.807, 2.05) is 0 Å². The molecule has 1 aromatic rings. The minimum absolute atomic E-state index is 0.0955. The second-order valence-corrected chi connectivity index (χ2v) is 3.43. The van der Waals surface area contributed by atoms with Crippen LogP contribution in [-0.2, 0) is 11.3 Å². The number of rotatable bonds is 5. The van der Waals surface area contributed by atoms with Crippen LogP contribution in [0.1, 0.15) is 12.5 Å². The number of hydrogen-bond donors (Lipinski definition) is 1. The zero-order chi connectivity index (χ0) is 12.8. The number of ether oxygens (including phenoxy) is 3. The van der Waals surface area contributed by atoms with Crippen LogP contribution >= 0.6 is 0 Å². The van der Waals surface area contributed by atoms with Gasteiger partial charge in [-0.2, -0.15) is 0 Å². The quantitative estimate of drug-likeness (QED) is 0.842. The van der Waals surface area contributed by atoms with E-state index < -0.39 is 0 Å². The Hall–Kier alpha value is -1.91. The van der Waals surface area contributed by atoms with E-state index in [4.69, 9.17) is 14.2 Å². The standard InChI is InChI=1S/C12H17NO4/c1-8(14)13-7-9-5-11(16-3)12(17-4)6-10(9)15-2/h5-6H,7H2,1-4H3,(H,13,14). The van der Waals surface area contributed by atoms with Crippen LogP contribution in [0, 0.1) is 0 Å². The maximum atomic E-state index is 10.9. The van der Waals surface area contributed by atoms with Gasteiger partial charge in [-0.15, -0.1) is 0 Å². The third-order valence-corrected chi connectivity index (χ3v) is 2.31. The summed E-state index contributed by atoms with van der Waals surface area (Å²) in [7, 11) is 4.69. The zero-order valence-corrected chi connectivity index (χ0v) is 10.5. The van der Waals surface area contributed by atoms with Crippen LogP contribution in [-0.4, -0.2) is 27.2 Å². The average molecular weight is 239 g/mol. The summed E-state index contributed by atoms with van der Waals surface area (Å²) in [6.07, 6.45) is 0. The van der Waals surface area contributed by atoms with Gasteiger partial charge in [-0.1, -0.05) is 0 Å². The first-order chi connectivity index (χ1) is 8.12. The van der Waals surface area contributed by atoms with E-state index in [-0.39, 0.29) is 5.91 Å². The molecule has 5 heteroatoms. The highest BCUT2D eigenvalue weighted by atomic mass is 16.5. The molecule has 17 heavy (non-hydrogen) atoms. The van der Waals surface area contributed by atoms with Crippen LogP contribution in [0.25, 0.3) is 0 Å². The summed E-state index contributed by atoms with van der Waals surface area (Å²) in [6, 6.07) is 3.52. The molecule has 0 fully saturated rings. The van der Waals surface area contributed by atoms with Gasteiger partial charge in [0.25, 0.3) is 0 Å². The van der Waals surface area contributed by atoms with Crippen molar-refractivity contribution in [3.8, 4) is 17.2 Å². The molecule has 1 amide bonds. The van der Waals surface area contributed by atoms with Gasteiger partial charge >= 0.3 is 0 Å². The third-order valence-electron chi connectivity index (χ3n) is 2.31. The molecule has 0 aliphatic heterocycles. The summed E-state index contributed by atoms with van der Waals surface area (Å²) in [5.41, 5.74) is 0.834. The van der Waals surface area contributed by atoms with E-state index in [0.29, 0.717) is 23.8 Å². The lowest BCUT2D eigenvalue weighted by Gasteiger charge is -2.14. The Morgan fingerprint density at radius 2 is 1.59 bits per heavy atom. The lowest BCUT2D eigenvalue weighted by molar-refractivity contribution is -0.119. The molecular weight excluding hydrogens is 222 g/mol. The number of carbonyl (C=O) groups is 1. The van der Waals surface area contributed by atoms with E-state index in [1.165, 1.54) is 6.92 Å². The Morgan fingerprint density at radius 3 is 2.06 bits per heavy atom. The molecule has 0 unspecified atom stereocenters. The van der Waals surface area contributed by atoms with Gasteiger partial charge in [0.1, 0.15) is 5.75 Å². The molecule has 0 bridgehead atoms. The molecule has 0 atom stereocenters. The summed E-state index contributed by atoms with van der Waals surface area (Å²) in [6.45, 7) is 1.85. The van der Waals surface area contributed by atoms with Crippen molar-refractivity contribution in [3.05, 3.63) is 17.7 Å². The maximum absolute atomic E-state index is 10.9. The van der Waals surface area contributed by atoms with E-state index >= 15 is 0 Å². The number of nitrogens with one attached hydrogen (secondary N) is 1. The van der Waals surface area contributed by atoms with Gasteiger partial charge in [0.15, 0.2) is 11.5 Å². The average Bonchev–Trinajstić information content (AvgIpc) is 2.34. The molecule has 0 saturated carbocycles. The molecule has 0 saturated heterocycles. The van der Waals surface area contributed by atoms with Crippen molar-refractivity contribution in [2.75, 3.05) is 21.3 Å². The minimum atomic E-state index is -0.0955. The molecule has 0 aliphatic rings. The van der Waals surface area contributed by atoms with Gasteiger partial charge in [-0.25, -0.2) is 0 Å². The van der Waals surface area contributed by atoms with Crippen molar-refractivity contribution < 1.29 is 19.0 Å². The Morgan fingerprint density at radius 1 is 1.06 bits per heavy atom. The Balaban J connectivity index is 3.05. The first-order valence-corrected chi connectivity index (χ1v) is 5.15. The second kappa shape index (κ2) is 5.98.